The molecule has 2 fully saturated rings. The van der Waals surface area contributed by atoms with Crippen LogP contribution in [0.2, 0.25) is 0 Å². The second-order valence-corrected chi connectivity index (χ2v) is 15.1. The maximum Gasteiger partial charge on any atom is 0.408 e. The third-order valence-corrected chi connectivity index (χ3v) is 10.1. The Hall–Kier alpha value is -4.46. The molecule has 1 spiro atoms. The van der Waals surface area contributed by atoms with E-state index in [-0.39, 0.29) is 31.9 Å². The van der Waals surface area contributed by atoms with E-state index in [1.165, 1.54) is 12.0 Å². The molecule has 3 amide bonds. The molecule has 2 aromatic rings. The number of amides is 3. The van der Waals surface area contributed by atoms with E-state index >= 15 is 0 Å². The molecule has 1 saturated carbocycles. The topological polar surface area (TPSA) is 179 Å². The number of carbonyl (C=O) groups excluding carboxylic acids is 4. The highest BCUT2D eigenvalue weighted by Crippen LogP contribution is 2.50. The van der Waals surface area contributed by atoms with Crippen molar-refractivity contribution in [2.45, 2.75) is 121 Å². The van der Waals surface area contributed by atoms with E-state index in [0.29, 0.717) is 53.2 Å². The van der Waals surface area contributed by atoms with Crippen LogP contribution < -0.4 is 20.1 Å². The Balaban J connectivity index is 1.38. The van der Waals surface area contributed by atoms with Crippen LogP contribution in [0.5, 0.6) is 11.6 Å². The first-order valence-corrected chi connectivity index (χ1v) is 17.9. The number of carbonyl (C=O) groups is 4. The van der Waals surface area contributed by atoms with E-state index in [2.05, 4.69) is 20.6 Å². The third-order valence-electron chi connectivity index (χ3n) is 10.1. The molecule has 6 atom stereocenters. The molecule has 2 aromatic heterocycles. The van der Waals surface area contributed by atoms with Crippen LogP contribution in [-0.4, -0.2) is 92.9 Å². The van der Waals surface area contributed by atoms with Crippen LogP contribution in [0.3, 0.4) is 0 Å². The van der Waals surface area contributed by atoms with Gasteiger partial charge in [0.2, 0.25) is 17.7 Å². The monoisotopic (exact) mass is 707 g/mol. The zero-order valence-electron chi connectivity index (χ0n) is 30.2. The van der Waals surface area contributed by atoms with Gasteiger partial charge in [-0.05, 0) is 66.4 Å². The number of nitrogens with zero attached hydrogens (tertiary/aromatic N) is 3. The number of hydrogen-bond acceptors (Lipinski definition) is 11. The molecule has 0 bridgehead atoms. The Morgan fingerprint density at radius 1 is 1.14 bits per heavy atom. The molecular weight excluding hydrogens is 658 g/mol. The van der Waals surface area contributed by atoms with Crippen LogP contribution in [0, 0.1) is 12.8 Å². The van der Waals surface area contributed by atoms with Gasteiger partial charge in [0, 0.05) is 24.8 Å². The predicted octanol–water partition coefficient (Wildman–Crippen LogP) is 3.95. The lowest BCUT2D eigenvalue weighted by Gasteiger charge is -2.38. The van der Waals surface area contributed by atoms with Crippen molar-refractivity contribution in [2.24, 2.45) is 5.92 Å². The Labute approximate surface area is 297 Å². The molecular formula is C37H49N5O9. The van der Waals surface area contributed by atoms with Gasteiger partial charge in [0.05, 0.1) is 43.1 Å². The summed E-state index contributed by atoms with van der Waals surface area (Å²) in [5, 5.41) is 17.5. The third kappa shape index (κ3) is 7.33. The van der Waals surface area contributed by atoms with Crippen molar-refractivity contribution in [3.05, 3.63) is 35.5 Å². The number of ether oxygens (including phenoxy) is 4. The quantitative estimate of drug-likeness (QED) is 0.310. The zero-order valence-corrected chi connectivity index (χ0v) is 30.2. The summed E-state index contributed by atoms with van der Waals surface area (Å²) >= 11 is 0. The largest absolute Gasteiger partial charge is 0.483 e. The van der Waals surface area contributed by atoms with E-state index in [1.54, 1.807) is 46.8 Å². The van der Waals surface area contributed by atoms with Crippen molar-refractivity contribution in [3.63, 3.8) is 0 Å². The number of methoxy groups -OCH3 is 1. The smallest absolute Gasteiger partial charge is 0.408 e. The normalized spacial score (nSPS) is 30.1. The van der Waals surface area contributed by atoms with Crippen molar-refractivity contribution in [3.8, 4) is 11.6 Å². The fourth-order valence-electron chi connectivity index (χ4n) is 7.62. The summed E-state index contributed by atoms with van der Waals surface area (Å²) in [7, 11) is 1.50. The van der Waals surface area contributed by atoms with E-state index in [4.69, 9.17) is 18.9 Å². The number of allylic oxidation sites excluding steroid dienone is 1. The van der Waals surface area contributed by atoms with Crippen LogP contribution in [0.25, 0.3) is 11.0 Å². The number of rotatable bonds is 4. The molecule has 14 heteroatoms. The standard InChI is InChI=1S/C37H49N5O9/c1-7-49-33(46)37-17-22(37)13-11-9-8-10-12-14-24(39-34(47)51-35(3,4)5)32(45)42-20-36(18-25(42)31(44)41-37)19-26(43)28-29-23(15-16-27(40-29)48-6)38-21(2)30(28)50-36/h11,13,15-16,22,24-26,43H,7-10,12,14,17-20H2,1-6H3,(H,39,47)(H,41,44)/b13-11-/t22-,24+,25+,26?,36+,37-/m1/s1. The fraction of sp³-hybridized carbons (Fsp3) is 0.622. The Morgan fingerprint density at radius 3 is 2.65 bits per heavy atom. The lowest BCUT2D eigenvalue weighted by molar-refractivity contribution is -0.150. The SMILES string of the molecule is CCOC(=O)[C@@]12C[C@H]1/C=C\CCCCC[C@H](NC(=O)OC(C)(C)C)C(=O)N1C[C@@]3(CC(O)c4c(c(C)nc5ccc(OC)nc45)O3)C[C@H]1C(=O)N2. The fourth-order valence-corrected chi connectivity index (χ4v) is 7.62. The van der Waals surface area contributed by atoms with Crippen molar-refractivity contribution < 1.29 is 43.2 Å². The summed E-state index contributed by atoms with van der Waals surface area (Å²) in [6.45, 7) is 8.78. The van der Waals surface area contributed by atoms with Crippen molar-refractivity contribution in [1.82, 2.24) is 25.5 Å². The van der Waals surface area contributed by atoms with E-state index in [9.17, 15) is 24.3 Å². The number of aryl methyl sites for hydroxylation is 1. The summed E-state index contributed by atoms with van der Waals surface area (Å²) in [5.74, 6) is -1.12. The Kier molecular flexibility index (Phi) is 9.92. The lowest BCUT2D eigenvalue weighted by Crippen LogP contribution is -2.57. The average Bonchev–Trinajstić information content (AvgIpc) is 3.64. The minimum Gasteiger partial charge on any atom is -0.483 e. The van der Waals surface area contributed by atoms with Gasteiger partial charge in [0.25, 0.3) is 0 Å². The Bertz CT molecular complexity index is 1740. The van der Waals surface area contributed by atoms with Crippen LogP contribution in [0.4, 0.5) is 4.79 Å². The first-order chi connectivity index (χ1) is 24.2. The van der Waals surface area contributed by atoms with Crippen molar-refractivity contribution in [2.75, 3.05) is 20.3 Å². The minimum atomic E-state index is -1.26. The number of alkyl carbamates (subject to hydrolysis) is 1. The van der Waals surface area contributed by atoms with Crippen LogP contribution in [0.1, 0.15) is 96.4 Å². The van der Waals surface area contributed by atoms with Gasteiger partial charge in [-0.2, -0.15) is 0 Å². The second kappa shape index (κ2) is 13.9. The number of fused-ring (bicyclic) bond motifs is 5. The number of hydrogen-bond donors (Lipinski definition) is 3. The first-order valence-electron chi connectivity index (χ1n) is 17.9. The minimum absolute atomic E-state index is 0.0165. The summed E-state index contributed by atoms with van der Waals surface area (Å²) in [6.07, 6.45) is 5.98. The molecule has 1 aliphatic carbocycles. The highest BCUT2D eigenvalue weighted by atomic mass is 16.6. The predicted molar refractivity (Wildman–Crippen MR) is 185 cm³/mol. The molecule has 6 rings (SSSR count). The highest BCUT2D eigenvalue weighted by molar-refractivity contribution is 5.97. The summed E-state index contributed by atoms with van der Waals surface area (Å²) in [4.78, 5) is 66.0. The number of nitrogens with one attached hydrogen (secondary N) is 2. The van der Waals surface area contributed by atoms with Gasteiger partial charge in [-0.3, -0.25) is 9.59 Å². The molecule has 3 aliphatic heterocycles. The van der Waals surface area contributed by atoms with Crippen LogP contribution in [-0.2, 0) is 23.9 Å². The van der Waals surface area contributed by atoms with Gasteiger partial charge in [0.1, 0.15) is 40.1 Å². The van der Waals surface area contributed by atoms with Crippen molar-refractivity contribution >= 4 is 34.9 Å². The number of esters is 1. The first kappa shape index (κ1) is 36.3. The number of aliphatic hydroxyl groups is 1. The summed E-state index contributed by atoms with van der Waals surface area (Å²) in [5.41, 5.74) is -1.29. The molecule has 14 nitrogen and oxygen atoms in total. The maximum absolute atomic E-state index is 14.6. The molecule has 51 heavy (non-hydrogen) atoms. The molecule has 5 heterocycles. The Morgan fingerprint density at radius 2 is 1.92 bits per heavy atom. The number of pyridine rings is 2. The molecule has 0 aromatic carbocycles. The van der Waals surface area contributed by atoms with Gasteiger partial charge in [-0.1, -0.05) is 25.0 Å². The molecule has 1 saturated heterocycles. The highest BCUT2D eigenvalue weighted by Gasteiger charge is 2.63. The number of aromatic nitrogens is 2. The summed E-state index contributed by atoms with van der Waals surface area (Å²) in [6, 6.07) is 1.36. The average molecular weight is 708 g/mol. The zero-order chi connectivity index (χ0) is 36.7. The van der Waals surface area contributed by atoms with Crippen LogP contribution in [0.15, 0.2) is 24.3 Å². The van der Waals surface area contributed by atoms with Gasteiger partial charge in [0.15, 0.2) is 0 Å². The molecule has 1 unspecified atom stereocenters. The van der Waals surface area contributed by atoms with Gasteiger partial charge in [-0.15, -0.1) is 0 Å². The lowest BCUT2D eigenvalue weighted by atomic mass is 9.86. The molecule has 276 valence electrons. The van der Waals surface area contributed by atoms with Crippen molar-refractivity contribution in [1.29, 1.82) is 0 Å². The molecule has 3 N–H and O–H groups in total. The van der Waals surface area contributed by atoms with Crippen LogP contribution >= 0.6 is 0 Å². The van der Waals surface area contributed by atoms with Gasteiger partial charge in [-0.25, -0.2) is 19.6 Å². The number of aliphatic hydroxyl groups excluding tert-OH is 1. The second-order valence-electron chi connectivity index (χ2n) is 15.1. The van der Waals surface area contributed by atoms with E-state index < -0.39 is 58.8 Å². The molecule has 4 aliphatic rings. The van der Waals surface area contributed by atoms with Gasteiger partial charge < -0.3 is 39.6 Å². The maximum atomic E-state index is 14.6. The summed E-state index contributed by atoms with van der Waals surface area (Å²) < 4.78 is 23.0. The van der Waals surface area contributed by atoms with E-state index in [0.717, 1.165) is 19.3 Å². The van der Waals surface area contributed by atoms with Gasteiger partial charge >= 0.3 is 12.1 Å². The van der Waals surface area contributed by atoms with E-state index in [1.807, 2.05) is 12.2 Å². The molecule has 0 radical (unpaired) electrons.